The van der Waals surface area contributed by atoms with Crippen molar-refractivity contribution in [3.8, 4) is 0 Å². The lowest BCUT2D eigenvalue weighted by Crippen LogP contribution is -2.21. The molecule has 1 N–H and O–H groups in total. The van der Waals surface area contributed by atoms with Gasteiger partial charge in [0, 0.05) is 4.47 Å². The minimum Gasteiger partial charge on any atom is -0.452 e. The van der Waals surface area contributed by atoms with Crippen LogP contribution in [0.25, 0.3) is 0 Å². The molecule has 1 amide bonds. The number of halogens is 3. The van der Waals surface area contributed by atoms with Gasteiger partial charge < -0.3 is 10.1 Å². The summed E-state index contributed by atoms with van der Waals surface area (Å²) in [6.07, 6.45) is 0. The van der Waals surface area contributed by atoms with Gasteiger partial charge in [0.25, 0.3) is 5.91 Å². The molecule has 0 fully saturated rings. The van der Waals surface area contributed by atoms with Crippen molar-refractivity contribution in [1.29, 1.82) is 0 Å². The second kappa shape index (κ2) is 7.57. The van der Waals surface area contributed by atoms with E-state index in [0.29, 0.717) is 10.2 Å². The molecule has 0 aromatic heterocycles. The van der Waals surface area contributed by atoms with Crippen LogP contribution in [0.2, 0.25) is 5.02 Å². The van der Waals surface area contributed by atoms with E-state index in [9.17, 15) is 14.0 Å². The summed E-state index contributed by atoms with van der Waals surface area (Å²) in [7, 11) is 0. The number of aryl methyl sites for hydroxylation is 1. The zero-order chi connectivity index (χ0) is 17.0. The zero-order valence-corrected chi connectivity index (χ0v) is 14.4. The molecule has 23 heavy (non-hydrogen) atoms. The predicted octanol–water partition coefficient (Wildman–Crippen LogP) is 4.35. The Morgan fingerprint density at radius 3 is 2.70 bits per heavy atom. The number of rotatable bonds is 4. The van der Waals surface area contributed by atoms with E-state index in [-0.39, 0.29) is 10.6 Å². The van der Waals surface area contributed by atoms with E-state index in [2.05, 4.69) is 21.2 Å². The van der Waals surface area contributed by atoms with Crippen molar-refractivity contribution in [2.45, 2.75) is 6.92 Å². The summed E-state index contributed by atoms with van der Waals surface area (Å²) >= 11 is 9.13. The van der Waals surface area contributed by atoms with Gasteiger partial charge in [-0.25, -0.2) is 9.18 Å². The fraction of sp³-hybridized carbons (Fsp3) is 0.125. The maximum Gasteiger partial charge on any atom is 0.340 e. The number of nitrogens with one attached hydrogen (secondary N) is 1. The van der Waals surface area contributed by atoms with Crippen molar-refractivity contribution in [3.63, 3.8) is 0 Å². The highest BCUT2D eigenvalue weighted by atomic mass is 79.9. The van der Waals surface area contributed by atoms with Crippen LogP contribution < -0.4 is 5.32 Å². The molecule has 0 unspecified atom stereocenters. The lowest BCUT2D eigenvalue weighted by atomic mass is 10.2. The molecule has 0 radical (unpaired) electrons. The van der Waals surface area contributed by atoms with Crippen LogP contribution >= 0.6 is 27.5 Å². The molecule has 0 atom stereocenters. The molecule has 0 spiro atoms. The average Bonchev–Trinajstić information content (AvgIpc) is 2.50. The van der Waals surface area contributed by atoms with Gasteiger partial charge in [-0.15, -0.1) is 0 Å². The highest BCUT2D eigenvalue weighted by Crippen LogP contribution is 2.23. The summed E-state index contributed by atoms with van der Waals surface area (Å²) in [4.78, 5) is 23.6. The van der Waals surface area contributed by atoms with Gasteiger partial charge in [0.1, 0.15) is 5.82 Å². The molecular formula is C16H12BrClFNO3. The van der Waals surface area contributed by atoms with E-state index in [1.807, 2.05) is 19.1 Å². The van der Waals surface area contributed by atoms with Crippen molar-refractivity contribution in [3.05, 3.63) is 62.8 Å². The normalized spacial score (nSPS) is 10.3. The molecule has 0 heterocycles. The van der Waals surface area contributed by atoms with Gasteiger partial charge in [0.05, 0.1) is 16.3 Å². The van der Waals surface area contributed by atoms with Crippen molar-refractivity contribution >= 4 is 45.1 Å². The first-order chi connectivity index (χ1) is 10.9. The Morgan fingerprint density at radius 1 is 1.26 bits per heavy atom. The van der Waals surface area contributed by atoms with Crippen LogP contribution in [0.1, 0.15) is 15.9 Å². The standard InChI is InChI=1S/C16H12BrClFNO3/c1-9-2-5-14(12(17)6-9)20-15(21)8-23-16(22)11-7-10(19)3-4-13(11)18/h2-7H,8H2,1H3,(H,20,21). The molecule has 7 heteroatoms. The molecule has 0 aliphatic heterocycles. The molecule has 2 aromatic rings. The number of benzene rings is 2. The molecule has 0 bridgehead atoms. The predicted molar refractivity (Wildman–Crippen MR) is 89.2 cm³/mol. The van der Waals surface area contributed by atoms with Crippen LogP contribution in [0.3, 0.4) is 0 Å². The van der Waals surface area contributed by atoms with Crippen molar-refractivity contribution in [2.24, 2.45) is 0 Å². The van der Waals surface area contributed by atoms with Crippen LogP contribution in [-0.4, -0.2) is 18.5 Å². The quantitative estimate of drug-likeness (QED) is 0.777. The van der Waals surface area contributed by atoms with Crippen LogP contribution in [-0.2, 0) is 9.53 Å². The molecule has 2 aromatic carbocycles. The maximum absolute atomic E-state index is 13.1. The summed E-state index contributed by atoms with van der Waals surface area (Å²) in [5.74, 6) is -2.00. The summed E-state index contributed by atoms with van der Waals surface area (Å²) in [6, 6.07) is 8.73. The third-order valence-corrected chi connectivity index (χ3v) is 3.87. The van der Waals surface area contributed by atoms with E-state index in [1.54, 1.807) is 6.07 Å². The Balaban J connectivity index is 1.96. The van der Waals surface area contributed by atoms with E-state index in [4.69, 9.17) is 16.3 Å². The van der Waals surface area contributed by atoms with Gasteiger partial charge in [-0.3, -0.25) is 4.79 Å². The van der Waals surface area contributed by atoms with Crippen LogP contribution in [0.15, 0.2) is 40.9 Å². The van der Waals surface area contributed by atoms with E-state index in [0.717, 1.165) is 17.7 Å². The lowest BCUT2D eigenvalue weighted by Gasteiger charge is -2.09. The lowest BCUT2D eigenvalue weighted by molar-refractivity contribution is -0.119. The Morgan fingerprint density at radius 2 is 2.00 bits per heavy atom. The number of anilines is 1. The molecule has 120 valence electrons. The molecule has 0 saturated heterocycles. The molecule has 0 aliphatic carbocycles. The first kappa shape index (κ1) is 17.4. The summed E-state index contributed by atoms with van der Waals surface area (Å²) < 4.78 is 18.7. The van der Waals surface area contributed by atoms with E-state index < -0.39 is 24.3 Å². The Kier molecular flexibility index (Phi) is 5.74. The molecule has 4 nitrogen and oxygen atoms in total. The first-order valence-corrected chi connectivity index (χ1v) is 7.72. The minimum atomic E-state index is -0.868. The Labute approximate surface area is 145 Å². The topological polar surface area (TPSA) is 55.4 Å². The average molecular weight is 401 g/mol. The zero-order valence-electron chi connectivity index (χ0n) is 12.0. The SMILES string of the molecule is Cc1ccc(NC(=O)COC(=O)c2cc(F)ccc2Cl)c(Br)c1. The van der Waals surface area contributed by atoms with E-state index in [1.165, 1.54) is 6.07 Å². The van der Waals surface area contributed by atoms with Gasteiger partial charge >= 0.3 is 5.97 Å². The number of carbonyl (C=O) groups excluding carboxylic acids is 2. The second-order valence-electron chi connectivity index (χ2n) is 4.73. The first-order valence-electron chi connectivity index (χ1n) is 6.55. The molecule has 0 aliphatic rings. The molecular weight excluding hydrogens is 389 g/mol. The highest BCUT2D eigenvalue weighted by molar-refractivity contribution is 9.10. The summed E-state index contributed by atoms with van der Waals surface area (Å²) in [5.41, 5.74) is 1.46. The number of esters is 1. The highest BCUT2D eigenvalue weighted by Gasteiger charge is 2.15. The van der Waals surface area contributed by atoms with Crippen molar-refractivity contribution in [1.82, 2.24) is 0 Å². The number of hydrogen-bond acceptors (Lipinski definition) is 3. The Hall–Kier alpha value is -1.92. The number of amides is 1. The molecule has 0 saturated carbocycles. The second-order valence-corrected chi connectivity index (χ2v) is 5.99. The summed E-state index contributed by atoms with van der Waals surface area (Å²) in [5, 5.41) is 2.65. The number of hydrogen-bond donors (Lipinski definition) is 1. The smallest absolute Gasteiger partial charge is 0.340 e. The van der Waals surface area contributed by atoms with Crippen molar-refractivity contribution < 1.29 is 18.7 Å². The monoisotopic (exact) mass is 399 g/mol. The fourth-order valence-corrected chi connectivity index (χ4v) is 2.56. The summed E-state index contributed by atoms with van der Waals surface area (Å²) in [6.45, 7) is 1.41. The third-order valence-electron chi connectivity index (χ3n) is 2.88. The van der Waals surface area contributed by atoms with Gasteiger partial charge in [-0.1, -0.05) is 17.7 Å². The van der Waals surface area contributed by atoms with Crippen LogP contribution in [0.5, 0.6) is 0 Å². The number of ether oxygens (including phenoxy) is 1. The van der Waals surface area contributed by atoms with Gasteiger partial charge in [-0.05, 0) is 58.7 Å². The fourth-order valence-electron chi connectivity index (χ4n) is 1.77. The molecule has 2 rings (SSSR count). The maximum atomic E-state index is 13.1. The van der Waals surface area contributed by atoms with E-state index >= 15 is 0 Å². The van der Waals surface area contributed by atoms with Gasteiger partial charge in [0.2, 0.25) is 0 Å². The van der Waals surface area contributed by atoms with Crippen LogP contribution in [0, 0.1) is 12.7 Å². The van der Waals surface area contributed by atoms with Gasteiger partial charge in [0.15, 0.2) is 6.61 Å². The minimum absolute atomic E-state index is 0.0538. The largest absolute Gasteiger partial charge is 0.452 e. The van der Waals surface area contributed by atoms with Gasteiger partial charge in [-0.2, -0.15) is 0 Å². The van der Waals surface area contributed by atoms with Crippen molar-refractivity contribution in [2.75, 3.05) is 11.9 Å². The van der Waals surface area contributed by atoms with Crippen LogP contribution in [0.4, 0.5) is 10.1 Å². The number of carbonyl (C=O) groups is 2. The Bertz CT molecular complexity index is 767. The third kappa shape index (κ3) is 4.77.